The predicted molar refractivity (Wildman–Crippen MR) is 107 cm³/mol. The van der Waals surface area contributed by atoms with Crippen LogP contribution in [0.2, 0.25) is 0 Å². The van der Waals surface area contributed by atoms with Crippen LogP contribution in [0.15, 0.2) is 60.7 Å². The SMILES string of the molecule is CCCCCCNCc1nn(Cc2ccccc2)nc1-c1ccccc1. The molecule has 136 valence electrons. The molecule has 2 aromatic carbocycles. The number of benzene rings is 2. The van der Waals surface area contributed by atoms with E-state index in [0.29, 0.717) is 6.54 Å². The van der Waals surface area contributed by atoms with Crippen molar-refractivity contribution in [2.24, 2.45) is 0 Å². The van der Waals surface area contributed by atoms with Gasteiger partial charge in [-0.2, -0.15) is 15.0 Å². The summed E-state index contributed by atoms with van der Waals surface area (Å²) in [7, 11) is 0. The van der Waals surface area contributed by atoms with Gasteiger partial charge in [-0.3, -0.25) is 0 Å². The lowest BCUT2D eigenvalue weighted by Gasteiger charge is -2.04. The van der Waals surface area contributed by atoms with E-state index in [1.54, 1.807) is 0 Å². The average Bonchev–Trinajstić information content (AvgIpc) is 3.08. The average molecular weight is 348 g/mol. The van der Waals surface area contributed by atoms with Crippen molar-refractivity contribution in [2.45, 2.75) is 45.7 Å². The second-order valence-corrected chi connectivity index (χ2v) is 6.61. The van der Waals surface area contributed by atoms with Crippen LogP contribution in [0, 0.1) is 0 Å². The molecule has 0 saturated heterocycles. The van der Waals surface area contributed by atoms with Gasteiger partial charge in [0.05, 0.1) is 6.54 Å². The lowest BCUT2D eigenvalue weighted by Crippen LogP contribution is -2.16. The van der Waals surface area contributed by atoms with Gasteiger partial charge in [0, 0.05) is 12.1 Å². The molecule has 3 aromatic rings. The van der Waals surface area contributed by atoms with Gasteiger partial charge in [0.15, 0.2) is 0 Å². The largest absolute Gasteiger partial charge is 0.311 e. The Morgan fingerprint density at radius 3 is 2.31 bits per heavy atom. The van der Waals surface area contributed by atoms with Gasteiger partial charge in [-0.15, -0.1) is 0 Å². The number of hydrogen-bond acceptors (Lipinski definition) is 3. The monoisotopic (exact) mass is 348 g/mol. The van der Waals surface area contributed by atoms with Crippen molar-refractivity contribution in [3.05, 3.63) is 71.9 Å². The molecule has 0 amide bonds. The van der Waals surface area contributed by atoms with E-state index in [4.69, 9.17) is 10.2 Å². The summed E-state index contributed by atoms with van der Waals surface area (Å²) in [5.74, 6) is 0. The van der Waals surface area contributed by atoms with Crippen LogP contribution in [0.5, 0.6) is 0 Å². The molecule has 0 aliphatic carbocycles. The van der Waals surface area contributed by atoms with Gasteiger partial charge in [-0.25, -0.2) is 0 Å². The van der Waals surface area contributed by atoms with E-state index in [-0.39, 0.29) is 0 Å². The van der Waals surface area contributed by atoms with Gasteiger partial charge in [-0.05, 0) is 18.5 Å². The molecular weight excluding hydrogens is 320 g/mol. The Labute approximate surface area is 156 Å². The molecule has 0 radical (unpaired) electrons. The summed E-state index contributed by atoms with van der Waals surface area (Å²) >= 11 is 0. The smallest absolute Gasteiger partial charge is 0.117 e. The fraction of sp³-hybridized carbons (Fsp3) is 0.364. The number of unbranched alkanes of at least 4 members (excludes halogenated alkanes) is 3. The van der Waals surface area contributed by atoms with E-state index in [1.807, 2.05) is 29.1 Å². The van der Waals surface area contributed by atoms with E-state index in [1.165, 1.54) is 31.2 Å². The van der Waals surface area contributed by atoms with E-state index < -0.39 is 0 Å². The van der Waals surface area contributed by atoms with Crippen molar-refractivity contribution < 1.29 is 0 Å². The predicted octanol–water partition coefficient (Wildman–Crippen LogP) is 4.66. The maximum atomic E-state index is 4.77. The molecule has 0 fully saturated rings. The maximum Gasteiger partial charge on any atom is 0.117 e. The second kappa shape index (κ2) is 9.88. The Bertz CT molecular complexity index is 765. The van der Waals surface area contributed by atoms with Crippen LogP contribution in [-0.2, 0) is 13.1 Å². The van der Waals surface area contributed by atoms with Crippen LogP contribution < -0.4 is 5.32 Å². The minimum Gasteiger partial charge on any atom is -0.311 e. The van der Waals surface area contributed by atoms with Gasteiger partial charge in [0.25, 0.3) is 0 Å². The lowest BCUT2D eigenvalue weighted by atomic mass is 10.1. The van der Waals surface area contributed by atoms with Crippen molar-refractivity contribution in [3.8, 4) is 11.3 Å². The zero-order chi connectivity index (χ0) is 18.0. The van der Waals surface area contributed by atoms with Gasteiger partial charge in [-0.1, -0.05) is 86.8 Å². The Kier molecular flexibility index (Phi) is 6.96. The van der Waals surface area contributed by atoms with Crippen molar-refractivity contribution >= 4 is 0 Å². The Morgan fingerprint density at radius 1 is 0.846 bits per heavy atom. The standard InChI is InChI=1S/C22H28N4/c1-2-3-4-11-16-23-17-21-22(20-14-9-6-10-15-20)25-26(24-21)18-19-12-7-5-8-13-19/h5-10,12-15,23H,2-4,11,16-18H2,1H3. The topological polar surface area (TPSA) is 42.7 Å². The number of nitrogens with one attached hydrogen (secondary N) is 1. The summed E-state index contributed by atoms with van der Waals surface area (Å²) in [6.07, 6.45) is 5.08. The van der Waals surface area contributed by atoms with Crippen LogP contribution in [-0.4, -0.2) is 21.5 Å². The van der Waals surface area contributed by atoms with Gasteiger partial charge >= 0.3 is 0 Å². The summed E-state index contributed by atoms with van der Waals surface area (Å²) in [6, 6.07) is 20.7. The molecule has 3 rings (SSSR count). The Morgan fingerprint density at radius 2 is 1.58 bits per heavy atom. The molecule has 0 spiro atoms. The molecule has 4 heteroatoms. The van der Waals surface area contributed by atoms with Gasteiger partial charge in [0.1, 0.15) is 11.4 Å². The molecule has 0 aliphatic heterocycles. The summed E-state index contributed by atoms with van der Waals surface area (Å²) in [4.78, 5) is 1.81. The summed E-state index contributed by atoms with van der Waals surface area (Å²) in [5, 5.41) is 13.1. The Hall–Kier alpha value is -2.46. The third-order valence-electron chi connectivity index (χ3n) is 4.44. The molecule has 0 unspecified atom stereocenters. The number of aromatic nitrogens is 3. The second-order valence-electron chi connectivity index (χ2n) is 6.61. The highest BCUT2D eigenvalue weighted by Crippen LogP contribution is 2.20. The van der Waals surface area contributed by atoms with Crippen LogP contribution in [0.1, 0.15) is 43.9 Å². The highest BCUT2D eigenvalue weighted by atomic mass is 15.5. The van der Waals surface area contributed by atoms with E-state index in [9.17, 15) is 0 Å². The van der Waals surface area contributed by atoms with Crippen LogP contribution in [0.4, 0.5) is 0 Å². The van der Waals surface area contributed by atoms with Gasteiger partial charge in [0.2, 0.25) is 0 Å². The maximum absolute atomic E-state index is 4.77. The number of nitrogens with zero attached hydrogens (tertiary/aromatic N) is 3. The Balaban J connectivity index is 1.71. The third kappa shape index (κ3) is 5.27. The minimum absolute atomic E-state index is 0.692. The highest BCUT2D eigenvalue weighted by molar-refractivity contribution is 5.60. The number of rotatable bonds is 10. The third-order valence-corrected chi connectivity index (χ3v) is 4.44. The quantitative estimate of drug-likeness (QED) is 0.542. The zero-order valence-electron chi connectivity index (χ0n) is 15.6. The molecule has 0 aliphatic rings. The first-order valence-electron chi connectivity index (χ1n) is 9.61. The van der Waals surface area contributed by atoms with Crippen molar-refractivity contribution in [2.75, 3.05) is 6.54 Å². The molecule has 26 heavy (non-hydrogen) atoms. The molecule has 1 N–H and O–H groups in total. The van der Waals surface area contributed by atoms with E-state index in [0.717, 1.165) is 30.0 Å². The molecule has 0 saturated carbocycles. The van der Waals surface area contributed by atoms with Crippen LogP contribution >= 0.6 is 0 Å². The van der Waals surface area contributed by atoms with E-state index in [2.05, 4.69) is 48.6 Å². The summed E-state index contributed by atoms with van der Waals surface area (Å²) in [5.41, 5.74) is 4.32. The van der Waals surface area contributed by atoms with E-state index >= 15 is 0 Å². The zero-order valence-corrected chi connectivity index (χ0v) is 15.6. The first kappa shape index (κ1) is 18.3. The summed E-state index contributed by atoms with van der Waals surface area (Å²) in [6.45, 7) is 4.71. The number of hydrogen-bond donors (Lipinski definition) is 1. The lowest BCUT2D eigenvalue weighted by molar-refractivity contribution is 0.565. The fourth-order valence-electron chi connectivity index (χ4n) is 3.02. The minimum atomic E-state index is 0.692. The first-order valence-corrected chi connectivity index (χ1v) is 9.61. The van der Waals surface area contributed by atoms with Crippen LogP contribution in [0.25, 0.3) is 11.3 Å². The molecular formula is C22H28N4. The molecule has 4 nitrogen and oxygen atoms in total. The van der Waals surface area contributed by atoms with Crippen LogP contribution in [0.3, 0.4) is 0 Å². The van der Waals surface area contributed by atoms with Crippen molar-refractivity contribution in [1.29, 1.82) is 0 Å². The normalized spacial score (nSPS) is 11.0. The van der Waals surface area contributed by atoms with Crippen molar-refractivity contribution in [3.63, 3.8) is 0 Å². The fourth-order valence-corrected chi connectivity index (χ4v) is 3.02. The molecule has 1 aromatic heterocycles. The summed E-state index contributed by atoms with van der Waals surface area (Å²) < 4.78 is 0. The molecule has 0 atom stereocenters. The molecule has 0 bridgehead atoms. The first-order chi connectivity index (χ1) is 12.9. The van der Waals surface area contributed by atoms with Gasteiger partial charge < -0.3 is 5.32 Å². The highest BCUT2D eigenvalue weighted by Gasteiger charge is 2.13. The molecule has 1 heterocycles. The van der Waals surface area contributed by atoms with Crippen molar-refractivity contribution in [1.82, 2.24) is 20.3 Å².